The summed E-state index contributed by atoms with van der Waals surface area (Å²) in [6.45, 7) is 5.87. The van der Waals surface area contributed by atoms with Gasteiger partial charge in [0.25, 0.3) is 0 Å². The van der Waals surface area contributed by atoms with Gasteiger partial charge in [0.05, 0.1) is 0 Å². The van der Waals surface area contributed by atoms with Gasteiger partial charge in [-0.3, -0.25) is 0 Å². The molecule has 64 valence electrons. The van der Waals surface area contributed by atoms with Crippen LogP contribution < -0.4 is 0 Å². The van der Waals surface area contributed by atoms with E-state index in [9.17, 15) is 4.79 Å². The van der Waals surface area contributed by atoms with Gasteiger partial charge in [0.15, 0.2) is 0 Å². The Hall–Kier alpha value is -0.440. The van der Waals surface area contributed by atoms with Crippen LogP contribution in [0.4, 0.5) is 0 Å². The van der Waals surface area contributed by atoms with E-state index in [1.54, 1.807) is 11.8 Å². The van der Waals surface area contributed by atoms with E-state index in [0.717, 1.165) is 6.42 Å². The van der Waals surface area contributed by atoms with Crippen molar-refractivity contribution in [2.75, 3.05) is 12.9 Å². The third kappa shape index (κ3) is 4.90. The SMILES string of the molecule is C=CC(=O)OCC(CC)SC. The molecular formula is C8H14O2S. The second-order valence-corrected chi connectivity index (χ2v) is 3.24. The minimum Gasteiger partial charge on any atom is -0.461 e. The number of thioether (sulfide) groups is 1. The van der Waals surface area contributed by atoms with Crippen LogP contribution in [0.1, 0.15) is 13.3 Å². The molecule has 0 aliphatic carbocycles. The van der Waals surface area contributed by atoms with Crippen molar-refractivity contribution < 1.29 is 9.53 Å². The van der Waals surface area contributed by atoms with E-state index in [-0.39, 0.29) is 5.97 Å². The smallest absolute Gasteiger partial charge is 0.330 e. The maximum absolute atomic E-state index is 10.6. The zero-order valence-electron chi connectivity index (χ0n) is 7.00. The van der Waals surface area contributed by atoms with E-state index >= 15 is 0 Å². The van der Waals surface area contributed by atoms with Gasteiger partial charge in [-0.05, 0) is 12.7 Å². The molecule has 0 aromatic rings. The molecule has 0 saturated heterocycles. The molecule has 1 unspecified atom stereocenters. The fourth-order valence-corrected chi connectivity index (χ4v) is 1.12. The van der Waals surface area contributed by atoms with Crippen molar-refractivity contribution in [3.63, 3.8) is 0 Å². The first-order valence-corrected chi connectivity index (χ1v) is 4.85. The van der Waals surface area contributed by atoms with Crippen LogP contribution in [0.2, 0.25) is 0 Å². The summed E-state index contributed by atoms with van der Waals surface area (Å²) in [5.41, 5.74) is 0. The van der Waals surface area contributed by atoms with Gasteiger partial charge in [0.2, 0.25) is 0 Å². The molecule has 0 aliphatic rings. The number of rotatable bonds is 5. The summed E-state index contributed by atoms with van der Waals surface area (Å²) >= 11 is 1.71. The molecular weight excluding hydrogens is 160 g/mol. The summed E-state index contributed by atoms with van der Waals surface area (Å²) in [4.78, 5) is 10.6. The number of carbonyl (C=O) groups excluding carboxylic acids is 1. The molecule has 0 heterocycles. The molecule has 0 rings (SSSR count). The van der Waals surface area contributed by atoms with Crippen LogP contribution in [0.3, 0.4) is 0 Å². The van der Waals surface area contributed by atoms with E-state index in [1.165, 1.54) is 6.08 Å². The highest BCUT2D eigenvalue weighted by Crippen LogP contribution is 2.10. The predicted molar refractivity (Wildman–Crippen MR) is 48.8 cm³/mol. The second kappa shape index (κ2) is 6.28. The Bertz CT molecular complexity index is 130. The van der Waals surface area contributed by atoms with E-state index in [1.807, 2.05) is 6.26 Å². The highest BCUT2D eigenvalue weighted by Gasteiger charge is 2.05. The fourth-order valence-electron chi connectivity index (χ4n) is 0.587. The minimum atomic E-state index is -0.336. The third-order valence-corrected chi connectivity index (χ3v) is 2.50. The Labute approximate surface area is 72.0 Å². The maximum atomic E-state index is 10.6. The van der Waals surface area contributed by atoms with Gasteiger partial charge >= 0.3 is 5.97 Å². The average molecular weight is 174 g/mol. The van der Waals surface area contributed by atoms with Gasteiger partial charge in [-0.25, -0.2) is 4.79 Å². The molecule has 0 radical (unpaired) electrons. The number of hydrogen-bond donors (Lipinski definition) is 0. The van der Waals surface area contributed by atoms with Crippen LogP contribution in [-0.4, -0.2) is 24.1 Å². The molecule has 0 aliphatic heterocycles. The van der Waals surface area contributed by atoms with Crippen LogP contribution >= 0.6 is 11.8 Å². The fraction of sp³-hybridized carbons (Fsp3) is 0.625. The average Bonchev–Trinajstić information content (AvgIpc) is 2.06. The first-order chi connectivity index (χ1) is 5.24. The standard InChI is InChI=1S/C8H14O2S/c1-4-7(11-3)6-10-8(9)5-2/h5,7H,2,4,6H2,1,3H3. The van der Waals surface area contributed by atoms with Crippen LogP contribution in [-0.2, 0) is 9.53 Å². The highest BCUT2D eigenvalue weighted by atomic mass is 32.2. The van der Waals surface area contributed by atoms with Gasteiger partial charge in [-0.1, -0.05) is 13.5 Å². The van der Waals surface area contributed by atoms with Gasteiger partial charge < -0.3 is 4.74 Å². The Morgan fingerprint density at radius 3 is 2.82 bits per heavy atom. The van der Waals surface area contributed by atoms with Crippen LogP contribution in [0.25, 0.3) is 0 Å². The first-order valence-electron chi connectivity index (χ1n) is 3.56. The summed E-state index contributed by atoms with van der Waals surface area (Å²) in [6.07, 6.45) is 4.22. The number of carbonyl (C=O) groups is 1. The lowest BCUT2D eigenvalue weighted by Crippen LogP contribution is -2.13. The lowest BCUT2D eigenvalue weighted by atomic mass is 10.3. The molecule has 0 fully saturated rings. The van der Waals surface area contributed by atoms with Gasteiger partial charge in [-0.2, -0.15) is 11.8 Å². The van der Waals surface area contributed by atoms with Crippen molar-refractivity contribution in [1.29, 1.82) is 0 Å². The van der Waals surface area contributed by atoms with Gasteiger partial charge in [0, 0.05) is 11.3 Å². The normalized spacial score (nSPS) is 12.2. The van der Waals surface area contributed by atoms with Crippen LogP contribution in [0, 0.1) is 0 Å². The van der Waals surface area contributed by atoms with E-state index in [4.69, 9.17) is 4.74 Å². The Morgan fingerprint density at radius 1 is 1.82 bits per heavy atom. The van der Waals surface area contributed by atoms with Gasteiger partial charge in [0.1, 0.15) is 6.61 Å². The van der Waals surface area contributed by atoms with Crippen molar-refractivity contribution in [2.24, 2.45) is 0 Å². The van der Waals surface area contributed by atoms with Crippen molar-refractivity contribution in [3.05, 3.63) is 12.7 Å². The summed E-state index contributed by atoms with van der Waals surface area (Å²) in [7, 11) is 0. The quantitative estimate of drug-likeness (QED) is 0.470. The molecule has 0 aromatic carbocycles. The van der Waals surface area contributed by atoms with Crippen molar-refractivity contribution in [1.82, 2.24) is 0 Å². The minimum absolute atomic E-state index is 0.336. The molecule has 1 atom stereocenters. The van der Waals surface area contributed by atoms with E-state index < -0.39 is 0 Å². The van der Waals surface area contributed by atoms with E-state index in [2.05, 4.69) is 13.5 Å². The van der Waals surface area contributed by atoms with Crippen molar-refractivity contribution >= 4 is 17.7 Å². The summed E-state index contributed by atoms with van der Waals surface area (Å²) < 4.78 is 4.86. The Balaban J connectivity index is 3.49. The summed E-state index contributed by atoms with van der Waals surface area (Å²) in [5.74, 6) is -0.336. The largest absolute Gasteiger partial charge is 0.461 e. The lowest BCUT2D eigenvalue weighted by molar-refractivity contribution is -0.137. The maximum Gasteiger partial charge on any atom is 0.330 e. The molecule has 0 bridgehead atoms. The summed E-state index contributed by atoms with van der Waals surface area (Å²) in [6, 6.07) is 0. The molecule has 0 saturated carbocycles. The zero-order valence-corrected chi connectivity index (χ0v) is 7.82. The molecule has 0 aromatic heterocycles. The Morgan fingerprint density at radius 2 is 2.45 bits per heavy atom. The van der Waals surface area contributed by atoms with E-state index in [0.29, 0.717) is 11.9 Å². The van der Waals surface area contributed by atoms with Crippen molar-refractivity contribution in [3.8, 4) is 0 Å². The molecule has 0 N–H and O–H groups in total. The number of hydrogen-bond acceptors (Lipinski definition) is 3. The third-order valence-electron chi connectivity index (χ3n) is 1.37. The first kappa shape index (κ1) is 10.6. The second-order valence-electron chi connectivity index (χ2n) is 2.10. The topological polar surface area (TPSA) is 26.3 Å². The molecule has 0 amide bonds. The zero-order chi connectivity index (χ0) is 8.69. The molecule has 0 spiro atoms. The lowest BCUT2D eigenvalue weighted by Gasteiger charge is -2.10. The molecule has 2 nitrogen and oxygen atoms in total. The van der Waals surface area contributed by atoms with Crippen LogP contribution in [0.5, 0.6) is 0 Å². The monoisotopic (exact) mass is 174 g/mol. The predicted octanol–water partition coefficient (Wildman–Crippen LogP) is 1.86. The Kier molecular flexibility index (Phi) is 6.03. The number of esters is 1. The van der Waals surface area contributed by atoms with Gasteiger partial charge in [-0.15, -0.1) is 0 Å². The molecule has 11 heavy (non-hydrogen) atoms. The molecule has 3 heteroatoms. The van der Waals surface area contributed by atoms with Crippen LogP contribution in [0.15, 0.2) is 12.7 Å². The van der Waals surface area contributed by atoms with Crippen molar-refractivity contribution in [2.45, 2.75) is 18.6 Å². The summed E-state index contributed by atoms with van der Waals surface area (Å²) in [5, 5.41) is 0.416. The number of ether oxygens (including phenoxy) is 1. The highest BCUT2D eigenvalue weighted by molar-refractivity contribution is 7.99.